The SMILES string of the molecule is COc1cccc([C@@H](c2c(O)cc(C)n(Cc3cccnc3)c2=O)N2CCN(CCO)CC2)c1. The zero-order valence-corrected chi connectivity index (χ0v) is 19.7. The third-order valence-corrected chi connectivity index (χ3v) is 6.46. The molecule has 1 atom stereocenters. The standard InChI is InChI=1S/C26H32N4O4/c1-19-15-23(32)24(26(33)30(19)18-20-5-4-8-27-17-20)25(21-6-3-7-22(16-21)34-2)29-11-9-28(10-12-29)13-14-31/h3-8,15-17,25,31-32H,9-14,18H2,1-2H3/t25-/m0/s1. The van der Waals surface area contributed by atoms with Gasteiger partial charge in [0.1, 0.15) is 11.5 Å². The van der Waals surface area contributed by atoms with Crippen LogP contribution >= 0.6 is 0 Å². The second-order valence-corrected chi connectivity index (χ2v) is 8.62. The van der Waals surface area contributed by atoms with E-state index in [0.717, 1.165) is 24.2 Å². The van der Waals surface area contributed by atoms with Crippen LogP contribution in [0.15, 0.2) is 59.7 Å². The van der Waals surface area contributed by atoms with E-state index in [4.69, 9.17) is 4.74 Å². The Morgan fingerprint density at radius 2 is 1.91 bits per heavy atom. The van der Waals surface area contributed by atoms with Gasteiger partial charge in [-0.1, -0.05) is 18.2 Å². The Labute approximate surface area is 199 Å². The second kappa shape index (κ2) is 10.8. The van der Waals surface area contributed by atoms with Crippen LogP contribution in [-0.2, 0) is 6.54 Å². The van der Waals surface area contributed by atoms with Crippen LogP contribution in [0.1, 0.15) is 28.4 Å². The van der Waals surface area contributed by atoms with Crippen molar-refractivity contribution < 1.29 is 14.9 Å². The highest BCUT2D eigenvalue weighted by atomic mass is 16.5. The molecule has 0 bridgehead atoms. The van der Waals surface area contributed by atoms with Crippen molar-refractivity contribution in [1.82, 2.24) is 19.4 Å². The monoisotopic (exact) mass is 464 g/mol. The number of methoxy groups -OCH3 is 1. The fraction of sp³-hybridized carbons (Fsp3) is 0.385. The molecule has 0 aliphatic carbocycles. The number of rotatable bonds is 8. The molecule has 4 rings (SSSR count). The summed E-state index contributed by atoms with van der Waals surface area (Å²) in [5.74, 6) is 0.694. The van der Waals surface area contributed by atoms with Gasteiger partial charge in [0.15, 0.2) is 0 Å². The number of benzene rings is 1. The number of β-amino-alcohol motifs (C(OH)–C–C–N with tert-alkyl or cyclic N) is 1. The molecule has 2 N–H and O–H groups in total. The maximum Gasteiger partial charge on any atom is 0.259 e. The summed E-state index contributed by atoms with van der Waals surface area (Å²) in [6.45, 7) is 5.92. The minimum absolute atomic E-state index is 0.00413. The summed E-state index contributed by atoms with van der Waals surface area (Å²) in [6, 6.07) is 12.7. The van der Waals surface area contributed by atoms with E-state index in [2.05, 4.69) is 14.8 Å². The van der Waals surface area contributed by atoms with Gasteiger partial charge >= 0.3 is 0 Å². The van der Waals surface area contributed by atoms with Gasteiger partial charge in [-0.2, -0.15) is 0 Å². The van der Waals surface area contributed by atoms with Crippen molar-refractivity contribution in [2.75, 3.05) is 46.4 Å². The first kappa shape index (κ1) is 23.9. The van der Waals surface area contributed by atoms with Crippen LogP contribution in [-0.4, -0.2) is 76.0 Å². The highest BCUT2D eigenvalue weighted by molar-refractivity contribution is 5.43. The van der Waals surface area contributed by atoms with Gasteiger partial charge < -0.3 is 19.5 Å². The molecular weight excluding hydrogens is 432 g/mol. The number of nitrogens with zero attached hydrogens (tertiary/aromatic N) is 4. The molecule has 1 aliphatic rings. The van der Waals surface area contributed by atoms with Gasteiger partial charge in [0.05, 0.1) is 31.9 Å². The first-order chi connectivity index (χ1) is 16.5. The molecule has 1 aliphatic heterocycles. The average molecular weight is 465 g/mol. The molecule has 3 heterocycles. The Hall–Kier alpha value is -3.20. The smallest absolute Gasteiger partial charge is 0.259 e. The molecular formula is C26H32N4O4. The summed E-state index contributed by atoms with van der Waals surface area (Å²) >= 11 is 0. The number of pyridine rings is 2. The number of piperazine rings is 1. The van der Waals surface area contributed by atoms with Crippen LogP contribution in [0.3, 0.4) is 0 Å². The molecule has 180 valence electrons. The molecule has 2 aromatic heterocycles. The Morgan fingerprint density at radius 3 is 2.59 bits per heavy atom. The van der Waals surface area contributed by atoms with Crippen LogP contribution in [0.5, 0.6) is 11.5 Å². The van der Waals surface area contributed by atoms with E-state index in [1.165, 1.54) is 0 Å². The largest absolute Gasteiger partial charge is 0.507 e. The molecule has 1 fully saturated rings. The predicted octanol–water partition coefficient (Wildman–Crippen LogP) is 2.01. The minimum atomic E-state index is -0.431. The van der Waals surface area contributed by atoms with E-state index in [1.807, 2.05) is 43.3 Å². The molecule has 8 heteroatoms. The number of hydrogen-bond acceptors (Lipinski definition) is 7. The number of ether oxygens (including phenoxy) is 1. The molecule has 3 aromatic rings. The molecule has 0 radical (unpaired) electrons. The number of aromatic nitrogens is 2. The van der Waals surface area contributed by atoms with Gasteiger partial charge in [0.2, 0.25) is 0 Å². The quantitative estimate of drug-likeness (QED) is 0.527. The highest BCUT2D eigenvalue weighted by Gasteiger charge is 2.31. The molecule has 0 unspecified atom stereocenters. The molecule has 8 nitrogen and oxygen atoms in total. The lowest BCUT2D eigenvalue weighted by Crippen LogP contribution is -2.49. The van der Waals surface area contributed by atoms with Gasteiger partial charge in [0.25, 0.3) is 5.56 Å². The van der Waals surface area contributed by atoms with Crippen molar-refractivity contribution in [2.45, 2.75) is 19.5 Å². The lowest BCUT2D eigenvalue weighted by Gasteiger charge is -2.39. The number of aryl methyl sites for hydroxylation is 1. The minimum Gasteiger partial charge on any atom is -0.507 e. The number of aliphatic hydroxyl groups excluding tert-OH is 1. The number of hydrogen-bond donors (Lipinski definition) is 2. The maximum absolute atomic E-state index is 13.9. The van der Waals surface area contributed by atoms with E-state index in [9.17, 15) is 15.0 Å². The van der Waals surface area contributed by atoms with Gasteiger partial charge in [-0.15, -0.1) is 0 Å². The Morgan fingerprint density at radius 1 is 1.12 bits per heavy atom. The summed E-state index contributed by atoms with van der Waals surface area (Å²) in [4.78, 5) is 22.5. The Kier molecular flexibility index (Phi) is 7.62. The van der Waals surface area contributed by atoms with Crippen LogP contribution in [0.25, 0.3) is 0 Å². The van der Waals surface area contributed by atoms with Crippen molar-refractivity contribution >= 4 is 0 Å². The van der Waals surface area contributed by atoms with Crippen LogP contribution in [0.2, 0.25) is 0 Å². The van der Waals surface area contributed by atoms with Crippen molar-refractivity contribution in [2.24, 2.45) is 0 Å². The summed E-state index contributed by atoms with van der Waals surface area (Å²) in [7, 11) is 1.62. The van der Waals surface area contributed by atoms with Crippen LogP contribution in [0, 0.1) is 6.92 Å². The summed E-state index contributed by atoms with van der Waals surface area (Å²) in [5.41, 5.74) is 2.64. The van der Waals surface area contributed by atoms with E-state index < -0.39 is 6.04 Å². The third-order valence-electron chi connectivity index (χ3n) is 6.46. The zero-order chi connectivity index (χ0) is 24.1. The third kappa shape index (κ3) is 5.14. The maximum atomic E-state index is 13.9. The van der Waals surface area contributed by atoms with Gasteiger partial charge in [-0.3, -0.25) is 19.6 Å². The normalized spacial score (nSPS) is 15.9. The fourth-order valence-electron chi connectivity index (χ4n) is 4.65. The molecule has 1 saturated heterocycles. The van der Waals surface area contributed by atoms with Crippen molar-refractivity contribution in [1.29, 1.82) is 0 Å². The predicted molar refractivity (Wildman–Crippen MR) is 130 cm³/mol. The average Bonchev–Trinajstić information content (AvgIpc) is 2.86. The second-order valence-electron chi connectivity index (χ2n) is 8.62. The van der Waals surface area contributed by atoms with E-state index >= 15 is 0 Å². The van der Waals surface area contributed by atoms with Gasteiger partial charge in [0, 0.05) is 50.8 Å². The lowest BCUT2D eigenvalue weighted by atomic mass is 9.95. The van der Waals surface area contributed by atoms with Gasteiger partial charge in [-0.25, -0.2) is 0 Å². The summed E-state index contributed by atoms with van der Waals surface area (Å²) in [5, 5.41) is 20.4. The molecule has 0 amide bonds. The first-order valence-electron chi connectivity index (χ1n) is 11.5. The summed E-state index contributed by atoms with van der Waals surface area (Å²) < 4.78 is 7.15. The fourth-order valence-corrected chi connectivity index (χ4v) is 4.65. The highest BCUT2D eigenvalue weighted by Crippen LogP contribution is 2.34. The van der Waals surface area contributed by atoms with E-state index in [1.54, 1.807) is 30.1 Å². The van der Waals surface area contributed by atoms with Crippen molar-refractivity contribution in [3.63, 3.8) is 0 Å². The van der Waals surface area contributed by atoms with E-state index in [-0.39, 0.29) is 17.9 Å². The van der Waals surface area contributed by atoms with Crippen LogP contribution in [0.4, 0.5) is 0 Å². The van der Waals surface area contributed by atoms with Crippen LogP contribution < -0.4 is 10.3 Å². The van der Waals surface area contributed by atoms with E-state index in [0.29, 0.717) is 43.2 Å². The topological polar surface area (TPSA) is 91.1 Å². The van der Waals surface area contributed by atoms with Gasteiger partial charge in [-0.05, 0) is 42.3 Å². The number of aliphatic hydroxyl groups is 1. The molecule has 1 aromatic carbocycles. The number of aromatic hydroxyl groups is 1. The summed E-state index contributed by atoms with van der Waals surface area (Å²) in [6.07, 6.45) is 3.45. The molecule has 0 saturated carbocycles. The van der Waals surface area contributed by atoms with Crippen molar-refractivity contribution in [3.8, 4) is 11.5 Å². The Balaban J connectivity index is 1.79. The molecule has 0 spiro atoms. The Bertz CT molecular complexity index is 1160. The zero-order valence-electron chi connectivity index (χ0n) is 19.7. The molecule has 34 heavy (non-hydrogen) atoms. The first-order valence-corrected chi connectivity index (χ1v) is 11.5. The van der Waals surface area contributed by atoms with Crippen molar-refractivity contribution in [3.05, 3.63) is 87.6 Å². The lowest BCUT2D eigenvalue weighted by molar-refractivity contribution is 0.0931.